The van der Waals surface area contributed by atoms with Crippen molar-refractivity contribution in [1.29, 1.82) is 0 Å². The van der Waals surface area contributed by atoms with Gasteiger partial charge < -0.3 is 10.3 Å². The van der Waals surface area contributed by atoms with Gasteiger partial charge in [0.15, 0.2) is 5.15 Å². The summed E-state index contributed by atoms with van der Waals surface area (Å²) in [5.74, 6) is 1.63. The van der Waals surface area contributed by atoms with Crippen LogP contribution in [0.2, 0.25) is 5.15 Å². The van der Waals surface area contributed by atoms with Gasteiger partial charge >= 0.3 is 0 Å². The molecule has 1 unspecified atom stereocenters. The zero-order chi connectivity index (χ0) is 9.42. The second-order valence-electron chi connectivity index (χ2n) is 3.72. The van der Waals surface area contributed by atoms with E-state index >= 15 is 0 Å². The highest BCUT2D eigenvalue weighted by atomic mass is 35.5. The number of rotatable bonds is 1. The summed E-state index contributed by atoms with van der Waals surface area (Å²) in [5.41, 5.74) is 6.76. The van der Waals surface area contributed by atoms with Crippen LogP contribution in [0, 0.1) is 5.92 Å². The first-order chi connectivity index (χ1) is 6.22. The van der Waals surface area contributed by atoms with Crippen LogP contribution in [0.1, 0.15) is 24.9 Å². The Bertz CT molecular complexity index is 319. The monoisotopic (exact) mass is 199 g/mol. The predicted octanol–water partition coefficient (Wildman–Crippen LogP) is 1.58. The highest BCUT2D eigenvalue weighted by molar-refractivity contribution is 6.30. The maximum atomic E-state index is 6.00. The molecular weight excluding hydrogens is 186 g/mol. The molecule has 0 aromatic carbocycles. The minimum Gasteiger partial charge on any atom is -0.329 e. The maximum Gasteiger partial charge on any atom is 0.150 e. The van der Waals surface area contributed by atoms with E-state index in [4.69, 9.17) is 17.3 Å². The van der Waals surface area contributed by atoms with Gasteiger partial charge in [-0.25, -0.2) is 4.98 Å². The number of halogens is 1. The van der Waals surface area contributed by atoms with Crippen LogP contribution in [0.5, 0.6) is 0 Å². The fourth-order valence-electron chi connectivity index (χ4n) is 1.90. The fourth-order valence-corrected chi connectivity index (χ4v) is 2.19. The molecule has 2 heterocycles. The quantitative estimate of drug-likeness (QED) is 0.747. The minimum absolute atomic E-state index is 0.479. The second-order valence-corrected chi connectivity index (χ2v) is 4.08. The molecule has 1 aromatic heterocycles. The summed E-state index contributed by atoms with van der Waals surface area (Å²) in [5, 5.41) is 0.646. The molecule has 0 bridgehead atoms. The van der Waals surface area contributed by atoms with Crippen LogP contribution in [0.4, 0.5) is 0 Å². The molecule has 0 aliphatic carbocycles. The van der Waals surface area contributed by atoms with E-state index < -0.39 is 0 Å². The van der Waals surface area contributed by atoms with Crippen molar-refractivity contribution in [2.45, 2.75) is 32.9 Å². The Morgan fingerprint density at radius 1 is 1.69 bits per heavy atom. The van der Waals surface area contributed by atoms with Gasteiger partial charge in [-0.2, -0.15) is 0 Å². The number of hydrogen-bond acceptors (Lipinski definition) is 2. The number of aromatic nitrogens is 2. The minimum atomic E-state index is 0.479. The zero-order valence-corrected chi connectivity index (χ0v) is 8.51. The summed E-state index contributed by atoms with van der Waals surface area (Å²) >= 11 is 6.00. The molecule has 1 aliphatic rings. The lowest BCUT2D eigenvalue weighted by atomic mass is 10.0. The standard InChI is InChI=1S/C9H14ClN3/c1-6-2-3-7-9(10)12-8(4-11)13(7)5-6/h6H,2-5,11H2,1H3. The van der Waals surface area contributed by atoms with Crippen molar-refractivity contribution in [3.63, 3.8) is 0 Å². The molecule has 72 valence electrons. The third-order valence-electron chi connectivity index (χ3n) is 2.65. The molecule has 0 saturated carbocycles. The van der Waals surface area contributed by atoms with Crippen LogP contribution < -0.4 is 5.73 Å². The smallest absolute Gasteiger partial charge is 0.150 e. The zero-order valence-electron chi connectivity index (χ0n) is 7.76. The lowest BCUT2D eigenvalue weighted by Crippen LogP contribution is -2.20. The van der Waals surface area contributed by atoms with Gasteiger partial charge in [-0.05, 0) is 18.8 Å². The van der Waals surface area contributed by atoms with E-state index in [1.165, 1.54) is 12.1 Å². The lowest BCUT2D eigenvalue weighted by Gasteiger charge is -2.22. The molecule has 0 fully saturated rings. The van der Waals surface area contributed by atoms with E-state index in [-0.39, 0.29) is 0 Å². The maximum absolute atomic E-state index is 6.00. The molecule has 2 N–H and O–H groups in total. The SMILES string of the molecule is CC1CCc2c(Cl)nc(CN)n2C1. The molecule has 3 nitrogen and oxygen atoms in total. The van der Waals surface area contributed by atoms with Crippen molar-refractivity contribution in [2.75, 3.05) is 0 Å². The third kappa shape index (κ3) is 1.46. The van der Waals surface area contributed by atoms with E-state index in [9.17, 15) is 0 Å². The molecule has 0 saturated heterocycles. The lowest BCUT2D eigenvalue weighted by molar-refractivity contribution is 0.391. The van der Waals surface area contributed by atoms with Crippen molar-refractivity contribution < 1.29 is 0 Å². The molecule has 1 atom stereocenters. The van der Waals surface area contributed by atoms with Crippen molar-refractivity contribution in [1.82, 2.24) is 9.55 Å². The summed E-state index contributed by atoms with van der Waals surface area (Å²) in [6.45, 7) is 3.74. The van der Waals surface area contributed by atoms with Gasteiger partial charge in [-0.3, -0.25) is 0 Å². The normalized spacial score (nSPS) is 21.6. The van der Waals surface area contributed by atoms with Gasteiger partial charge in [-0.15, -0.1) is 0 Å². The Morgan fingerprint density at radius 2 is 2.46 bits per heavy atom. The van der Waals surface area contributed by atoms with Crippen molar-refractivity contribution in [3.8, 4) is 0 Å². The predicted molar refractivity (Wildman–Crippen MR) is 52.6 cm³/mol. The number of nitrogens with two attached hydrogens (primary N) is 1. The first-order valence-electron chi connectivity index (χ1n) is 4.66. The molecule has 1 aliphatic heterocycles. The van der Waals surface area contributed by atoms with E-state index in [0.717, 1.165) is 18.8 Å². The Morgan fingerprint density at radius 3 is 3.15 bits per heavy atom. The Labute approximate surface area is 82.9 Å². The molecule has 0 spiro atoms. The van der Waals surface area contributed by atoms with Crippen LogP contribution in [-0.4, -0.2) is 9.55 Å². The second kappa shape index (κ2) is 3.31. The highest BCUT2D eigenvalue weighted by Crippen LogP contribution is 2.26. The fraction of sp³-hybridized carbons (Fsp3) is 0.667. The third-order valence-corrected chi connectivity index (χ3v) is 2.96. The molecule has 2 rings (SSSR count). The Hall–Kier alpha value is -0.540. The van der Waals surface area contributed by atoms with Crippen LogP contribution in [0.3, 0.4) is 0 Å². The molecule has 4 heteroatoms. The molecule has 13 heavy (non-hydrogen) atoms. The Kier molecular flexibility index (Phi) is 2.30. The van der Waals surface area contributed by atoms with Crippen LogP contribution in [-0.2, 0) is 19.5 Å². The van der Waals surface area contributed by atoms with Gasteiger partial charge in [0.05, 0.1) is 12.2 Å². The van der Waals surface area contributed by atoms with Gasteiger partial charge in [0.1, 0.15) is 5.82 Å². The van der Waals surface area contributed by atoms with Crippen molar-refractivity contribution in [2.24, 2.45) is 11.7 Å². The van der Waals surface area contributed by atoms with Gasteiger partial charge in [-0.1, -0.05) is 18.5 Å². The highest BCUT2D eigenvalue weighted by Gasteiger charge is 2.21. The topological polar surface area (TPSA) is 43.8 Å². The summed E-state index contributed by atoms with van der Waals surface area (Å²) in [6.07, 6.45) is 2.24. The van der Waals surface area contributed by atoms with Crippen molar-refractivity contribution in [3.05, 3.63) is 16.7 Å². The molecule has 1 aromatic rings. The van der Waals surface area contributed by atoms with Crippen LogP contribution in [0.25, 0.3) is 0 Å². The van der Waals surface area contributed by atoms with E-state index in [1.807, 2.05) is 0 Å². The van der Waals surface area contributed by atoms with E-state index in [2.05, 4.69) is 16.5 Å². The number of nitrogens with zero attached hydrogens (tertiary/aromatic N) is 2. The van der Waals surface area contributed by atoms with E-state index in [0.29, 0.717) is 17.6 Å². The summed E-state index contributed by atoms with van der Waals surface area (Å²) < 4.78 is 2.18. The van der Waals surface area contributed by atoms with Gasteiger partial charge in [0, 0.05) is 6.54 Å². The van der Waals surface area contributed by atoms with Crippen LogP contribution in [0.15, 0.2) is 0 Å². The number of hydrogen-bond donors (Lipinski definition) is 1. The largest absolute Gasteiger partial charge is 0.329 e. The average molecular weight is 200 g/mol. The van der Waals surface area contributed by atoms with Crippen LogP contribution >= 0.6 is 11.6 Å². The average Bonchev–Trinajstić information content (AvgIpc) is 2.42. The molecule has 0 radical (unpaired) electrons. The summed E-state index contributed by atoms with van der Waals surface area (Å²) in [4.78, 5) is 4.25. The summed E-state index contributed by atoms with van der Waals surface area (Å²) in [7, 11) is 0. The Balaban J connectivity index is 2.43. The number of fused-ring (bicyclic) bond motifs is 1. The first-order valence-corrected chi connectivity index (χ1v) is 5.04. The van der Waals surface area contributed by atoms with Crippen molar-refractivity contribution >= 4 is 11.6 Å². The molecular formula is C9H14ClN3. The first kappa shape index (κ1) is 9.03. The van der Waals surface area contributed by atoms with Gasteiger partial charge in [0.2, 0.25) is 0 Å². The summed E-state index contributed by atoms with van der Waals surface area (Å²) in [6, 6.07) is 0. The molecule has 0 amide bonds. The van der Waals surface area contributed by atoms with E-state index in [1.54, 1.807) is 0 Å². The van der Waals surface area contributed by atoms with Gasteiger partial charge in [0.25, 0.3) is 0 Å². The number of imidazole rings is 1.